The minimum absolute atomic E-state index is 0.0844. The molecule has 1 N–H and O–H groups in total. The van der Waals surface area contributed by atoms with Gasteiger partial charge in [0.2, 0.25) is 5.12 Å². The summed E-state index contributed by atoms with van der Waals surface area (Å²) in [4.78, 5) is 22.2. The fraction of sp³-hybridized carbons (Fsp3) is 0.200. The molecule has 0 radical (unpaired) electrons. The number of rotatable bonds is 2. The average molecular weight is 207 g/mol. The fourth-order valence-electron chi connectivity index (χ4n) is 1.38. The van der Waals surface area contributed by atoms with Crippen LogP contribution in [0.1, 0.15) is 5.56 Å². The molecule has 1 amide bonds. The van der Waals surface area contributed by atoms with E-state index in [9.17, 15) is 9.59 Å². The predicted octanol–water partition coefficient (Wildman–Crippen LogP) is 1.58. The lowest BCUT2D eigenvalue weighted by molar-refractivity contribution is -0.112. The molecule has 1 fully saturated rings. The van der Waals surface area contributed by atoms with Gasteiger partial charge in [-0.25, -0.2) is 0 Å². The smallest absolute Gasteiger partial charge is 0.287 e. The van der Waals surface area contributed by atoms with Crippen molar-refractivity contribution in [1.29, 1.82) is 0 Å². The highest BCUT2D eigenvalue weighted by atomic mass is 32.2. The van der Waals surface area contributed by atoms with Crippen LogP contribution in [0.2, 0.25) is 0 Å². The summed E-state index contributed by atoms with van der Waals surface area (Å²) >= 11 is 0.759. The van der Waals surface area contributed by atoms with Crippen molar-refractivity contribution in [2.45, 2.75) is 12.5 Å². The highest BCUT2D eigenvalue weighted by Gasteiger charge is 2.30. The van der Waals surface area contributed by atoms with Crippen LogP contribution in [-0.4, -0.2) is 16.4 Å². The highest BCUT2D eigenvalue weighted by Crippen LogP contribution is 2.18. The molecule has 1 saturated heterocycles. The molecule has 0 aromatic heterocycles. The van der Waals surface area contributed by atoms with E-state index in [-0.39, 0.29) is 16.4 Å². The zero-order valence-corrected chi connectivity index (χ0v) is 8.21. The lowest BCUT2D eigenvalue weighted by Gasteiger charge is -2.06. The molecule has 1 unspecified atom stereocenters. The number of hydrogen-bond donors (Lipinski definition) is 1. The molecular weight excluding hydrogens is 198 g/mol. The van der Waals surface area contributed by atoms with E-state index in [2.05, 4.69) is 5.32 Å². The Morgan fingerprint density at radius 1 is 1.21 bits per heavy atom. The first kappa shape index (κ1) is 9.27. The number of nitrogens with one attached hydrogen (secondary N) is 1. The van der Waals surface area contributed by atoms with E-state index >= 15 is 0 Å². The highest BCUT2D eigenvalue weighted by molar-refractivity contribution is 8.26. The van der Waals surface area contributed by atoms with Crippen molar-refractivity contribution >= 4 is 22.1 Å². The van der Waals surface area contributed by atoms with Crippen LogP contribution in [0, 0.1) is 0 Å². The summed E-state index contributed by atoms with van der Waals surface area (Å²) in [5.74, 6) is 0. The Morgan fingerprint density at radius 3 is 2.50 bits per heavy atom. The minimum Gasteiger partial charge on any atom is -0.335 e. The van der Waals surface area contributed by atoms with Crippen molar-refractivity contribution in [2.75, 3.05) is 0 Å². The third-order valence-electron chi connectivity index (χ3n) is 2.05. The van der Waals surface area contributed by atoms with E-state index in [0.29, 0.717) is 6.42 Å². The monoisotopic (exact) mass is 207 g/mol. The minimum atomic E-state index is -0.352. The maximum atomic E-state index is 11.3. The second-order valence-corrected chi connectivity index (χ2v) is 4.07. The van der Waals surface area contributed by atoms with E-state index in [4.69, 9.17) is 0 Å². The van der Waals surface area contributed by atoms with Crippen LogP contribution in [0.15, 0.2) is 30.3 Å². The molecule has 1 aromatic carbocycles. The van der Waals surface area contributed by atoms with E-state index in [0.717, 1.165) is 17.3 Å². The molecule has 2 rings (SSSR count). The molecule has 0 aliphatic carbocycles. The summed E-state index contributed by atoms with van der Waals surface area (Å²) in [7, 11) is 0. The number of hydrogen-bond acceptors (Lipinski definition) is 3. The van der Waals surface area contributed by atoms with Crippen molar-refractivity contribution in [1.82, 2.24) is 5.32 Å². The lowest BCUT2D eigenvalue weighted by Crippen LogP contribution is -2.30. The first-order valence-corrected chi connectivity index (χ1v) is 5.13. The SMILES string of the molecule is O=C1NC(Cc2ccccc2)C(=O)S1. The third kappa shape index (κ3) is 1.96. The van der Waals surface area contributed by atoms with Crippen molar-refractivity contribution < 1.29 is 9.59 Å². The maximum absolute atomic E-state index is 11.3. The van der Waals surface area contributed by atoms with Gasteiger partial charge in [0, 0.05) is 18.2 Å². The second-order valence-electron chi connectivity index (χ2n) is 3.10. The van der Waals surface area contributed by atoms with E-state index in [1.165, 1.54) is 0 Å². The lowest BCUT2D eigenvalue weighted by atomic mass is 10.1. The van der Waals surface area contributed by atoms with E-state index < -0.39 is 0 Å². The third-order valence-corrected chi connectivity index (χ3v) is 2.84. The van der Waals surface area contributed by atoms with Crippen molar-refractivity contribution in [3.8, 4) is 0 Å². The molecule has 1 aliphatic rings. The van der Waals surface area contributed by atoms with Gasteiger partial charge < -0.3 is 5.32 Å². The number of amides is 1. The predicted molar refractivity (Wildman–Crippen MR) is 55.1 cm³/mol. The first-order chi connectivity index (χ1) is 6.75. The van der Waals surface area contributed by atoms with Gasteiger partial charge in [-0.1, -0.05) is 30.3 Å². The van der Waals surface area contributed by atoms with Crippen molar-refractivity contribution in [3.05, 3.63) is 35.9 Å². The van der Waals surface area contributed by atoms with Gasteiger partial charge in [0.15, 0.2) is 0 Å². The Hall–Kier alpha value is -1.29. The molecular formula is C10H9NO2S. The van der Waals surface area contributed by atoms with Gasteiger partial charge in [0.1, 0.15) is 6.04 Å². The second kappa shape index (κ2) is 3.84. The van der Waals surface area contributed by atoms with Crippen LogP contribution in [-0.2, 0) is 11.2 Å². The fourth-order valence-corrected chi connectivity index (χ4v) is 2.05. The van der Waals surface area contributed by atoms with E-state index in [1.807, 2.05) is 30.3 Å². The molecule has 3 nitrogen and oxygen atoms in total. The molecule has 14 heavy (non-hydrogen) atoms. The number of carbonyl (C=O) groups is 2. The largest absolute Gasteiger partial charge is 0.335 e. The van der Waals surface area contributed by atoms with Gasteiger partial charge in [0.05, 0.1) is 0 Å². The summed E-state index contributed by atoms with van der Waals surface area (Å²) in [6, 6.07) is 9.31. The molecule has 1 aliphatic heterocycles. The number of thioether (sulfide) groups is 1. The maximum Gasteiger partial charge on any atom is 0.287 e. The Balaban J connectivity index is 2.05. The summed E-state index contributed by atoms with van der Waals surface area (Å²) in [6.45, 7) is 0. The van der Waals surface area contributed by atoms with Gasteiger partial charge in [-0.2, -0.15) is 0 Å². The summed E-state index contributed by atoms with van der Waals surface area (Å²) in [6.07, 6.45) is 0.582. The van der Waals surface area contributed by atoms with Crippen LogP contribution < -0.4 is 5.32 Å². The van der Waals surface area contributed by atoms with E-state index in [1.54, 1.807) is 0 Å². The Morgan fingerprint density at radius 2 is 1.93 bits per heavy atom. The zero-order chi connectivity index (χ0) is 9.97. The normalized spacial score (nSPS) is 21.0. The standard InChI is InChI=1S/C10H9NO2S/c12-9-8(11-10(13)14-9)6-7-4-2-1-3-5-7/h1-5,8H,6H2,(H,11,13). The molecule has 1 heterocycles. The summed E-state index contributed by atoms with van der Waals surface area (Å²) in [5, 5.41) is 2.30. The Labute approximate surface area is 85.9 Å². The van der Waals surface area contributed by atoms with Crippen LogP contribution >= 0.6 is 11.8 Å². The molecule has 0 saturated carbocycles. The molecule has 0 spiro atoms. The van der Waals surface area contributed by atoms with Crippen LogP contribution in [0.3, 0.4) is 0 Å². The summed E-state index contributed by atoms with van der Waals surface area (Å²) < 4.78 is 0. The van der Waals surface area contributed by atoms with Gasteiger partial charge in [0.25, 0.3) is 5.24 Å². The Kier molecular flexibility index (Phi) is 2.54. The zero-order valence-electron chi connectivity index (χ0n) is 7.40. The van der Waals surface area contributed by atoms with Gasteiger partial charge >= 0.3 is 0 Å². The topological polar surface area (TPSA) is 46.2 Å². The van der Waals surface area contributed by atoms with Gasteiger partial charge in [-0.05, 0) is 5.56 Å². The van der Waals surface area contributed by atoms with Crippen LogP contribution in [0.5, 0.6) is 0 Å². The van der Waals surface area contributed by atoms with Crippen LogP contribution in [0.25, 0.3) is 0 Å². The Bertz CT molecular complexity index is 364. The molecule has 1 atom stereocenters. The first-order valence-electron chi connectivity index (χ1n) is 4.32. The molecule has 0 bridgehead atoms. The van der Waals surface area contributed by atoms with Crippen molar-refractivity contribution in [2.24, 2.45) is 0 Å². The average Bonchev–Trinajstić information content (AvgIpc) is 2.47. The molecule has 72 valence electrons. The molecule has 4 heteroatoms. The van der Waals surface area contributed by atoms with Gasteiger partial charge in [-0.3, -0.25) is 9.59 Å². The van der Waals surface area contributed by atoms with Gasteiger partial charge in [-0.15, -0.1) is 0 Å². The number of benzene rings is 1. The number of carbonyl (C=O) groups excluding carboxylic acids is 2. The quantitative estimate of drug-likeness (QED) is 0.800. The van der Waals surface area contributed by atoms with Crippen LogP contribution in [0.4, 0.5) is 4.79 Å². The molecule has 1 aromatic rings. The van der Waals surface area contributed by atoms with Crippen molar-refractivity contribution in [3.63, 3.8) is 0 Å². The summed E-state index contributed by atoms with van der Waals surface area (Å²) in [5.41, 5.74) is 1.06.